The van der Waals surface area contributed by atoms with Gasteiger partial charge in [0.1, 0.15) is 0 Å². The van der Waals surface area contributed by atoms with Gasteiger partial charge in [-0.15, -0.1) is 0 Å². The zero-order valence-electron chi connectivity index (χ0n) is 11.0. The van der Waals surface area contributed by atoms with Crippen molar-refractivity contribution in [3.05, 3.63) is 29.3 Å². The molecular formula is C13H18N2O2S. The van der Waals surface area contributed by atoms with E-state index < -0.39 is 10.0 Å². The van der Waals surface area contributed by atoms with Gasteiger partial charge in [-0.25, -0.2) is 8.42 Å². The van der Waals surface area contributed by atoms with Crippen LogP contribution in [0.15, 0.2) is 23.1 Å². The number of hydrogen-bond acceptors (Lipinski definition) is 3. The Labute approximate surface area is 109 Å². The highest BCUT2D eigenvalue weighted by Gasteiger charge is 2.22. The summed E-state index contributed by atoms with van der Waals surface area (Å²) in [7, 11) is -3.44. The second kappa shape index (κ2) is 5.98. The van der Waals surface area contributed by atoms with E-state index in [0.29, 0.717) is 24.2 Å². The maximum atomic E-state index is 12.3. The fourth-order valence-electron chi connectivity index (χ4n) is 1.77. The lowest BCUT2D eigenvalue weighted by atomic mass is 10.1. The van der Waals surface area contributed by atoms with Crippen LogP contribution in [0, 0.1) is 18.3 Å². The van der Waals surface area contributed by atoms with Gasteiger partial charge in [-0.05, 0) is 37.1 Å². The van der Waals surface area contributed by atoms with Crippen molar-refractivity contribution in [2.75, 3.05) is 13.1 Å². The molecule has 5 heteroatoms. The number of aryl methyl sites for hydroxylation is 1. The van der Waals surface area contributed by atoms with Gasteiger partial charge >= 0.3 is 0 Å². The zero-order chi connectivity index (χ0) is 13.8. The normalized spacial score (nSPS) is 11.5. The molecule has 4 nitrogen and oxygen atoms in total. The molecule has 0 saturated carbocycles. The molecule has 0 aromatic heterocycles. The Morgan fingerprint density at radius 2 is 2.00 bits per heavy atom. The van der Waals surface area contributed by atoms with E-state index in [1.165, 1.54) is 10.4 Å². The fourth-order valence-corrected chi connectivity index (χ4v) is 3.40. The Bertz CT molecular complexity index is 559. The standard InChI is InChI=1S/C13H18N2O2S/c1-4-8-15(5-2)18(16,17)13-7-6-12(10-14)11(3)9-13/h6-7,9H,4-5,8H2,1-3H3. The third-order valence-electron chi connectivity index (χ3n) is 2.78. The van der Waals surface area contributed by atoms with Crippen LogP contribution in [0.5, 0.6) is 0 Å². The molecule has 1 aromatic rings. The van der Waals surface area contributed by atoms with Crippen LogP contribution in [0.4, 0.5) is 0 Å². The van der Waals surface area contributed by atoms with E-state index in [0.717, 1.165) is 6.42 Å². The lowest BCUT2D eigenvalue weighted by molar-refractivity contribution is 0.427. The van der Waals surface area contributed by atoms with Gasteiger partial charge in [-0.3, -0.25) is 0 Å². The maximum Gasteiger partial charge on any atom is 0.243 e. The van der Waals surface area contributed by atoms with E-state index in [1.807, 2.05) is 19.9 Å². The summed E-state index contributed by atoms with van der Waals surface area (Å²) in [6.07, 6.45) is 0.780. The second-order valence-electron chi connectivity index (χ2n) is 4.09. The van der Waals surface area contributed by atoms with E-state index in [-0.39, 0.29) is 4.90 Å². The molecule has 0 amide bonds. The fraction of sp³-hybridized carbons (Fsp3) is 0.462. The third kappa shape index (κ3) is 2.89. The molecule has 0 heterocycles. The molecule has 0 radical (unpaired) electrons. The van der Waals surface area contributed by atoms with E-state index in [9.17, 15) is 8.42 Å². The molecule has 0 aliphatic heterocycles. The van der Waals surface area contributed by atoms with Gasteiger partial charge in [0.25, 0.3) is 0 Å². The molecule has 0 saturated heterocycles. The molecule has 0 spiro atoms. The van der Waals surface area contributed by atoms with Crippen molar-refractivity contribution >= 4 is 10.0 Å². The Morgan fingerprint density at radius 1 is 1.33 bits per heavy atom. The number of rotatable bonds is 5. The van der Waals surface area contributed by atoms with Crippen LogP contribution < -0.4 is 0 Å². The van der Waals surface area contributed by atoms with Gasteiger partial charge < -0.3 is 0 Å². The van der Waals surface area contributed by atoms with Crippen LogP contribution in [0.25, 0.3) is 0 Å². The van der Waals surface area contributed by atoms with E-state index in [4.69, 9.17) is 5.26 Å². The summed E-state index contributed by atoms with van der Waals surface area (Å²) in [5.74, 6) is 0. The third-order valence-corrected chi connectivity index (χ3v) is 4.75. The summed E-state index contributed by atoms with van der Waals surface area (Å²) < 4.78 is 26.1. The highest BCUT2D eigenvalue weighted by Crippen LogP contribution is 2.19. The summed E-state index contributed by atoms with van der Waals surface area (Å²) in [5, 5.41) is 8.84. The summed E-state index contributed by atoms with van der Waals surface area (Å²) in [5.41, 5.74) is 1.19. The molecule has 0 fully saturated rings. The summed E-state index contributed by atoms with van der Waals surface area (Å²) in [6.45, 7) is 6.48. The quantitative estimate of drug-likeness (QED) is 0.821. The largest absolute Gasteiger partial charge is 0.243 e. The molecule has 0 aliphatic rings. The Morgan fingerprint density at radius 3 is 2.44 bits per heavy atom. The van der Waals surface area contributed by atoms with Crippen molar-refractivity contribution in [2.45, 2.75) is 32.1 Å². The molecule has 98 valence electrons. The number of sulfonamides is 1. The number of hydrogen-bond donors (Lipinski definition) is 0. The Hall–Kier alpha value is -1.38. The van der Waals surface area contributed by atoms with Gasteiger partial charge in [0.15, 0.2) is 0 Å². The molecule has 0 aliphatic carbocycles. The van der Waals surface area contributed by atoms with E-state index in [1.54, 1.807) is 19.1 Å². The van der Waals surface area contributed by atoms with Gasteiger partial charge in [-0.2, -0.15) is 9.57 Å². The average Bonchev–Trinajstić information content (AvgIpc) is 2.35. The first-order chi connectivity index (χ1) is 8.47. The highest BCUT2D eigenvalue weighted by atomic mass is 32.2. The topological polar surface area (TPSA) is 61.2 Å². The first-order valence-corrected chi connectivity index (χ1v) is 7.42. The molecule has 1 aromatic carbocycles. The number of nitriles is 1. The van der Waals surface area contributed by atoms with E-state index >= 15 is 0 Å². The van der Waals surface area contributed by atoms with Crippen molar-refractivity contribution in [2.24, 2.45) is 0 Å². The molecule has 0 N–H and O–H groups in total. The van der Waals surface area contributed by atoms with Gasteiger partial charge in [0.05, 0.1) is 16.5 Å². The smallest absolute Gasteiger partial charge is 0.207 e. The van der Waals surface area contributed by atoms with Crippen molar-refractivity contribution < 1.29 is 8.42 Å². The zero-order valence-corrected chi connectivity index (χ0v) is 11.8. The van der Waals surface area contributed by atoms with Crippen molar-refractivity contribution in [1.29, 1.82) is 5.26 Å². The summed E-state index contributed by atoms with van der Waals surface area (Å²) in [4.78, 5) is 0.259. The average molecular weight is 266 g/mol. The predicted octanol–water partition coefficient (Wildman–Crippen LogP) is 2.29. The van der Waals surface area contributed by atoms with Crippen molar-refractivity contribution in [1.82, 2.24) is 4.31 Å². The lowest BCUT2D eigenvalue weighted by Crippen LogP contribution is -2.31. The van der Waals surface area contributed by atoms with Crippen LogP contribution in [0.1, 0.15) is 31.4 Å². The van der Waals surface area contributed by atoms with Gasteiger partial charge in [0.2, 0.25) is 10.0 Å². The molecule has 0 bridgehead atoms. The maximum absolute atomic E-state index is 12.3. The van der Waals surface area contributed by atoms with E-state index in [2.05, 4.69) is 0 Å². The highest BCUT2D eigenvalue weighted by molar-refractivity contribution is 7.89. The molecule has 0 unspecified atom stereocenters. The van der Waals surface area contributed by atoms with Crippen LogP contribution in [0.3, 0.4) is 0 Å². The lowest BCUT2D eigenvalue weighted by Gasteiger charge is -2.20. The minimum atomic E-state index is -3.44. The molecule has 18 heavy (non-hydrogen) atoms. The Balaban J connectivity index is 3.21. The Kier molecular flexibility index (Phi) is 4.88. The monoisotopic (exact) mass is 266 g/mol. The van der Waals surface area contributed by atoms with Crippen molar-refractivity contribution in [3.8, 4) is 6.07 Å². The SMILES string of the molecule is CCCN(CC)S(=O)(=O)c1ccc(C#N)c(C)c1. The van der Waals surface area contributed by atoms with Gasteiger partial charge in [0, 0.05) is 13.1 Å². The molecule has 1 rings (SSSR count). The molecule has 0 atom stereocenters. The predicted molar refractivity (Wildman–Crippen MR) is 70.6 cm³/mol. The number of nitrogens with zero attached hydrogens (tertiary/aromatic N) is 2. The van der Waals surface area contributed by atoms with Crippen molar-refractivity contribution in [3.63, 3.8) is 0 Å². The summed E-state index contributed by atoms with van der Waals surface area (Å²) in [6, 6.07) is 6.65. The van der Waals surface area contributed by atoms with Crippen LogP contribution in [-0.2, 0) is 10.0 Å². The first kappa shape index (κ1) is 14.7. The first-order valence-electron chi connectivity index (χ1n) is 5.98. The molecular weight excluding hydrogens is 248 g/mol. The second-order valence-corrected chi connectivity index (χ2v) is 6.02. The number of benzene rings is 1. The van der Waals surface area contributed by atoms with Crippen LogP contribution >= 0.6 is 0 Å². The minimum absolute atomic E-state index is 0.259. The van der Waals surface area contributed by atoms with Gasteiger partial charge in [-0.1, -0.05) is 13.8 Å². The van der Waals surface area contributed by atoms with Crippen LogP contribution in [-0.4, -0.2) is 25.8 Å². The summed E-state index contributed by atoms with van der Waals surface area (Å²) >= 11 is 0. The minimum Gasteiger partial charge on any atom is -0.207 e. The van der Waals surface area contributed by atoms with Crippen LogP contribution in [0.2, 0.25) is 0 Å².